The lowest BCUT2D eigenvalue weighted by molar-refractivity contribution is -0.385. The summed E-state index contributed by atoms with van der Waals surface area (Å²) in [6.45, 7) is -0.0852. The van der Waals surface area contributed by atoms with Crippen molar-refractivity contribution in [3.05, 3.63) is 63.7 Å². The molecule has 1 N–H and O–H groups in total. The van der Waals surface area contributed by atoms with Gasteiger partial charge in [-0.25, -0.2) is 8.78 Å². The van der Waals surface area contributed by atoms with E-state index < -0.39 is 16.6 Å². The van der Waals surface area contributed by atoms with Gasteiger partial charge in [-0.3, -0.25) is 10.1 Å². The molecule has 0 fully saturated rings. The zero-order chi connectivity index (χ0) is 15.4. The maximum absolute atomic E-state index is 13.6. The summed E-state index contributed by atoms with van der Waals surface area (Å²) in [4.78, 5) is 10.3. The Bertz CT molecular complexity index is 677. The van der Waals surface area contributed by atoms with Gasteiger partial charge in [0.1, 0.15) is 17.4 Å². The van der Waals surface area contributed by atoms with Crippen LogP contribution in [0.2, 0.25) is 0 Å². The van der Waals surface area contributed by atoms with Crippen LogP contribution >= 0.6 is 0 Å². The molecule has 5 nitrogen and oxygen atoms in total. The summed E-state index contributed by atoms with van der Waals surface area (Å²) in [7, 11) is 1.44. The van der Waals surface area contributed by atoms with Crippen LogP contribution < -0.4 is 10.1 Å². The highest BCUT2D eigenvalue weighted by Gasteiger charge is 2.14. The van der Waals surface area contributed by atoms with E-state index in [0.717, 1.165) is 18.2 Å². The number of nitrogens with zero attached hydrogens (tertiary/aromatic N) is 1. The van der Waals surface area contributed by atoms with Crippen molar-refractivity contribution in [1.82, 2.24) is 0 Å². The highest BCUT2D eigenvalue weighted by Crippen LogP contribution is 2.24. The smallest absolute Gasteiger partial charge is 0.274 e. The first-order valence-electron chi connectivity index (χ1n) is 6.01. The number of nitro benzene ring substituents is 1. The average Bonchev–Trinajstić information content (AvgIpc) is 2.46. The van der Waals surface area contributed by atoms with Crippen LogP contribution in [0.1, 0.15) is 5.56 Å². The molecule has 2 rings (SSSR count). The fourth-order valence-electron chi connectivity index (χ4n) is 1.83. The summed E-state index contributed by atoms with van der Waals surface area (Å²) >= 11 is 0. The second-order valence-corrected chi connectivity index (χ2v) is 4.23. The summed E-state index contributed by atoms with van der Waals surface area (Å²) in [5.41, 5.74) is 0.0160. The van der Waals surface area contributed by atoms with Crippen molar-refractivity contribution in [2.45, 2.75) is 6.54 Å². The van der Waals surface area contributed by atoms with Crippen LogP contribution in [0.15, 0.2) is 36.4 Å². The summed E-state index contributed by atoms with van der Waals surface area (Å²) in [5.74, 6) is -0.689. The Morgan fingerprint density at radius 1 is 1.24 bits per heavy atom. The number of benzene rings is 2. The Labute approximate surface area is 119 Å². The van der Waals surface area contributed by atoms with Crippen molar-refractivity contribution < 1.29 is 18.4 Å². The summed E-state index contributed by atoms with van der Waals surface area (Å²) in [6, 6.07) is 7.21. The average molecular weight is 294 g/mol. The predicted octanol–water partition coefficient (Wildman–Crippen LogP) is 3.49. The normalized spacial score (nSPS) is 10.2. The van der Waals surface area contributed by atoms with Gasteiger partial charge >= 0.3 is 0 Å². The van der Waals surface area contributed by atoms with E-state index in [-0.39, 0.29) is 23.5 Å². The molecule has 0 bridgehead atoms. The van der Waals surface area contributed by atoms with Crippen LogP contribution in [0.4, 0.5) is 20.2 Å². The number of nitro groups is 1. The third-order valence-electron chi connectivity index (χ3n) is 2.88. The topological polar surface area (TPSA) is 64.4 Å². The van der Waals surface area contributed by atoms with E-state index in [1.54, 1.807) is 0 Å². The molecule has 2 aromatic carbocycles. The molecular formula is C14H12F2N2O3. The zero-order valence-corrected chi connectivity index (χ0v) is 11.1. The molecule has 0 saturated heterocycles. The number of ether oxygens (including phenoxy) is 1. The lowest BCUT2D eigenvalue weighted by Crippen LogP contribution is -2.05. The lowest BCUT2D eigenvalue weighted by Gasteiger charge is -2.10. The first kappa shape index (κ1) is 14.7. The number of methoxy groups -OCH3 is 1. The molecule has 0 heterocycles. The Balaban J connectivity index is 2.24. The monoisotopic (exact) mass is 294 g/mol. The molecule has 21 heavy (non-hydrogen) atoms. The van der Waals surface area contributed by atoms with Crippen molar-refractivity contribution in [2.24, 2.45) is 0 Å². The van der Waals surface area contributed by atoms with E-state index in [1.165, 1.54) is 25.3 Å². The van der Waals surface area contributed by atoms with Crippen LogP contribution in [-0.4, -0.2) is 12.0 Å². The highest BCUT2D eigenvalue weighted by atomic mass is 19.1. The summed E-state index contributed by atoms with van der Waals surface area (Å²) in [6.07, 6.45) is 0. The molecule has 0 spiro atoms. The molecule has 7 heteroatoms. The minimum atomic E-state index is -0.613. The summed E-state index contributed by atoms with van der Waals surface area (Å²) < 4.78 is 31.8. The van der Waals surface area contributed by atoms with Crippen molar-refractivity contribution >= 4 is 11.4 Å². The van der Waals surface area contributed by atoms with E-state index in [9.17, 15) is 18.9 Å². The molecule has 0 aliphatic heterocycles. The number of halogens is 2. The number of nitrogens with one attached hydrogen (secondary N) is 1. The molecule has 110 valence electrons. The Kier molecular flexibility index (Phi) is 4.32. The first-order chi connectivity index (χ1) is 10.0. The van der Waals surface area contributed by atoms with Crippen molar-refractivity contribution in [3.63, 3.8) is 0 Å². The fourth-order valence-corrected chi connectivity index (χ4v) is 1.83. The maximum atomic E-state index is 13.6. The SMILES string of the molecule is COc1ccc(F)c(NCc2cc(F)ccc2[N+](=O)[O-])c1. The van der Waals surface area contributed by atoms with Gasteiger partial charge in [0.25, 0.3) is 5.69 Å². The van der Waals surface area contributed by atoms with Gasteiger partial charge in [0.05, 0.1) is 23.3 Å². The molecule has 0 aromatic heterocycles. The quantitative estimate of drug-likeness (QED) is 0.677. The van der Waals surface area contributed by atoms with Gasteiger partial charge in [-0.2, -0.15) is 0 Å². The number of anilines is 1. The Morgan fingerprint density at radius 2 is 2.00 bits per heavy atom. The van der Waals surface area contributed by atoms with Gasteiger partial charge in [-0.15, -0.1) is 0 Å². The van der Waals surface area contributed by atoms with Crippen LogP contribution in [0.3, 0.4) is 0 Å². The Hall–Kier alpha value is -2.70. The minimum Gasteiger partial charge on any atom is -0.497 e. The molecule has 0 atom stereocenters. The largest absolute Gasteiger partial charge is 0.497 e. The highest BCUT2D eigenvalue weighted by molar-refractivity contribution is 5.51. The standard InChI is InChI=1S/C14H12F2N2O3/c1-21-11-3-4-12(16)13(7-11)17-8-9-6-10(15)2-5-14(9)18(19)20/h2-7,17H,8H2,1H3. The molecule has 0 aliphatic carbocycles. The molecule has 0 aliphatic rings. The van der Waals surface area contributed by atoms with E-state index >= 15 is 0 Å². The van der Waals surface area contributed by atoms with Crippen LogP contribution in [-0.2, 0) is 6.54 Å². The van der Waals surface area contributed by atoms with Crippen LogP contribution in [0.5, 0.6) is 5.75 Å². The number of hydrogen-bond donors (Lipinski definition) is 1. The van der Waals surface area contributed by atoms with E-state index in [0.29, 0.717) is 5.75 Å². The zero-order valence-electron chi connectivity index (χ0n) is 11.1. The van der Waals surface area contributed by atoms with Crippen molar-refractivity contribution in [3.8, 4) is 5.75 Å². The third-order valence-corrected chi connectivity index (χ3v) is 2.88. The van der Waals surface area contributed by atoms with Gasteiger partial charge in [0.15, 0.2) is 0 Å². The van der Waals surface area contributed by atoms with Crippen LogP contribution in [0, 0.1) is 21.7 Å². The van der Waals surface area contributed by atoms with E-state index in [1.807, 2.05) is 0 Å². The minimum absolute atomic E-state index is 0.0852. The molecular weight excluding hydrogens is 282 g/mol. The molecule has 0 amide bonds. The van der Waals surface area contributed by atoms with Gasteiger partial charge in [0.2, 0.25) is 0 Å². The van der Waals surface area contributed by atoms with Crippen molar-refractivity contribution in [2.75, 3.05) is 12.4 Å². The number of rotatable bonds is 5. The van der Waals surface area contributed by atoms with Crippen molar-refractivity contribution in [1.29, 1.82) is 0 Å². The molecule has 0 unspecified atom stereocenters. The van der Waals surface area contributed by atoms with Gasteiger partial charge in [-0.05, 0) is 24.3 Å². The maximum Gasteiger partial charge on any atom is 0.274 e. The first-order valence-corrected chi connectivity index (χ1v) is 6.01. The summed E-state index contributed by atoms with van der Waals surface area (Å²) in [5, 5.41) is 13.6. The lowest BCUT2D eigenvalue weighted by atomic mass is 10.1. The van der Waals surface area contributed by atoms with Gasteiger partial charge in [-0.1, -0.05) is 0 Å². The number of hydrogen-bond acceptors (Lipinski definition) is 4. The van der Waals surface area contributed by atoms with E-state index in [4.69, 9.17) is 4.74 Å². The van der Waals surface area contributed by atoms with Gasteiger partial charge in [0, 0.05) is 18.7 Å². The molecule has 0 saturated carbocycles. The molecule has 2 aromatic rings. The second-order valence-electron chi connectivity index (χ2n) is 4.23. The third kappa shape index (κ3) is 3.44. The predicted molar refractivity (Wildman–Crippen MR) is 73.3 cm³/mol. The molecule has 0 radical (unpaired) electrons. The fraction of sp³-hybridized carbons (Fsp3) is 0.143. The Morgan fingerprint density at radius 3 is 2.67 bits per heavy atom. The van der Waals surface area contributed by atoms with E-state index in [2.05, 4.69) is 5.32 Å². The van der Waals surface area contributed by atoms with Gasteiger partial charge < -0.3 is 10.1 Å². The second kappa shape index (κ2) is 6.17. The van der Waals surface area contributed by atoms with Crippen LogP contribution in [0.25, 0.3) is 0 Å².